The number of rotatable bonds is 4. The highest BCUT2D eigenvalue weighted by molar-refractivity contribution is 5.62. The van der Waals surface area contributed by atoms with E-state index in [2.05, 4.69) is 4.98 Å². The molecule has 0 aliphatic rings. The maximum Gasteiger partial charge on any atom is 0.229 e. The maximum absolute atomic E-state index is 9.27. The zero-order valence-corrected chi connectivity index (χ0v) is 9.88. The van der Waals surface area contributed by atoms with Crippen molar-refractivity contribution in [3.63, 3.8) is 0 Å². The molecule has 1 aromatic carbocycles. The van der Waals surface area contributed by atoms with Gasteiger partial charge in [-0.05, 0) is 19.1 Å². The molecule has 0 saturated heterocycles. The number of oxazole rings is 1. The third-order valence-corrected chi connectivity index (χ3v) is 2.39. The molecule has 0 spiro atoms. The predicted molar refractivity (Wildman–Crippen MR) is 63.9 cm³/mol. The minimum absolute atomic E-state index is 0.437. The van der Waals surface area contributed by atoms with Crippen molar-refractivity contribution in [3.05, 3.63) is 36.2 Å². The molecule has 0 aliphatic heterocycles. The summed E-state index contributed by atoms with van der Waals surface area (Å²) in [5, 5.41) is 9.27. The number of ether oxygens (including phenoxy) is 1. The Hall–Kier alpha value is -1.81. The predicted octanol–water partition coefficient (Wildman–Crippen LogP) is 2.27. The van der Waals surface area contributed by atoms with Gasteiger partial charge in [-0.2, -0.15) is 0 Å². The molecule has 0 fully saturated rings. The van der Waals surface area contributed by atoms with Crippen molar-refractivity contribution in [2.75, 3.05) is 7.11 Å². The third-order valence-electron chi connectivity index (χ3n) is 2.39. The quantitative estimate of drug-likeness (QED) is 0.880. The Morgan fingerprint density at radius 3 is 2.88 bits per heavy atom. The first-order chi connectivity index (χ1) is 8.20. The van der Waals surface area contributed by atoms with E-state index in [4.69, 9.17) is 9.15 Å². The molecule has 0 saturated carbocycles. The van der Waals surface area contributed by atoms with Gasteiger partial charge in [-0.25, -0.2) is 4.98 Å². The molecule has 2 rings (SSSR count). The van der Waals surface area contributed by atoms with Crippen molar-refractivity contribution < 1.29 is 14.3 Å². The number of aliphatic hydroxyl groups excluding tert-OH is 1. The number of hydrogen-bond acceptors (Lipinski definition) is 4. The Labute approximate surface area is 99.9 Å². The van der Waals surface area contributed by atoms with Crippen molar-refractivity contribution in [2.24, 2.45) is 0 Å². The van der Waals surface area contributed by atoms with Gasteiger partial charge in [0.25, 0.3) is 0 Å². The van der Waals surface area contributed by atoms with Crippen LogP contribution in [0.25, 0.3) is 11.5 Å². The second-order valence-electron chi connectivity index (χ2n) is 3.89. The normalized spacial score (nSPS) is 12.4. The van der Waals surface area contributed by atoms with Crippen LogP contribution in [0.4, 0.5) is 0 Å². The van der Waals surface area contributed by atoms with E-state index < -0.39 is 6.10 Å². The van der Waals surface area contributed by atoms with E-state index in [0.717, 1.165) is 11.3 Å². The minimum Gasteiger partial charge on any atom is -0.496 e. The van der Waals surface area contributed by atoms with Crippen molar-refractivity contribution in [1.29, 1.82) is 0 Å². The number of nitrogens with zero attached hydrogens (tertiary/aromatic N) is 1. The zero-order chi connectivity index (χ0) is 12.3. The molecule has 1 heterocycles. The summed E-state index contributed by atoms with van der Waals surface area (Å²) in [6, 6.07) is 7.53. The van der Waals surface area contributed by atoms with Gasteiger partial charge in [-0.1, -0.05) is 12.1 Å². The molecule has 4 heteroatoms. The van der Waals surface area contributed by atoms with Crippen LogP contribution < -0.4 is 4.74 Å². The summed E-state index contributed by atoms with van der Waals surface area (Å²) in [5.41, 5.74) is 0.812. The van der Waals surface area contributed by atoms with Gasteiger partial charge in [0.1, 0.15) is 11.5 Å². The molecule has 0 bridgehead atoms. The summed E-state index contributed by atoms with van der Waals surface area (Å²) in [4.78, 5) is 4.19. The number of benzene rings is 1. The van der Waals surface area contributed by atoms with Crippen LogP contribution in [0.3, 0.4) is 0 Å². The van der Waals surface area contributed by atoms with Crippen LogP contribution in [0.5, 0.6) is 5.75 Å². The van der Waals surface area contributed by atoms with Crippen molar-refractivity contribution >= 4 is 0 Å². The molecular weight excluding hydrogens is 218 g/mol. The van der Waals surface area contributed by atoms with Crippen LogP contribution in [-0.4, -0.2) is 23.3 Å². The summed E-state index contributed by atoms with van der Waals surface area (Å²) in [6.07, 6.45) is 1.66. The van der Waals surface area contributed by atoms with E-state index in [9.17, 15) is 5.11 Å². The van der Waals surface area contributed by atoms with E-state index in [1.807, 2.05) is 24.3 Å². The summed E-state index contributed by atoms with van der Waals surface area (Å²) in [5.74, 6) is 1.90. The molecular formula is C13H15NO3. The summed E-state index contributed by atoms with van der Waals surface area (Å²) in [7, 11) is 1.61. The SMILES string of the molecule is COc1ccccc1-c1ncc(CC(C)O)o1. The Morgan fingerprint density at radius 2 is 2.18 bits per heavy atom. The maximum atomic E-state index is 9.27. The van der Waals surface area contributed by atoms with Crippen LogP contribution in [0, 0.1) is 0 Å². The van der Waals surface area contributed by atoms with Gasteiger partial charge in [0.2, 0.25) is 5.89 Å². The average Bonchev–Trinajstić information content (AvgIpc) is 2.76. The molecule has 0 radical (unpaired) electrons. The van der Waals surface area contributed by atoms with E-state index in [1.165, 1.54) is 0 Å². The second kappa shape index (κ2) is 5.01. The summed E-state index contributed by atoms with van der Waals surface area (Å²) < 4.78 is 10.8. The number of methoxy groups -OCH3 is 1. The average molecular weight is 233 g/mol. The zero-order valence-electron chi connectivity index (χ0n) is 9.88. The standard InChI is InChI=1S/C13H15NO3/c1-9(15)7-10-8-14-13(17-10)11-5-3-4-6-12(11)16-2/h3-6,8-9,15H,7H2,1-2H3. The van der Waals surface area contributed by atoms with E-state index >= 15 is 0 Å². The summed E-state index contributed by atoms with van der Waals surface area (Å²) >= 11 is 0. The second-order valence-corrected chi connectivity index (χ2v) is 3.89. The lowest BCUT2D eigenvalue weighted by Gasteiger charge is -2.04. The Bertz CT molecular complexity index is 491. The van der Waals surface area contributed by atoms with Gasteiger partial charge in [0, 0.05) is 6.42 Å². The topological polar surface area (TPSA) is 55.5 Å². The van der Waals surface area contributed by atoms with E-state index in [0.29, 0.717) is 18.1 Å². The molecule has 1 unspecified atom stereocenters. The fourth-order valence-corrected chi connectivity index (χ4v) is 1.64. The van der Waals surface area contributed by atoms with Gasteiger partial charge in [0.15, 0.2) is 0 Å². The lowest BCUT2D eigenvalue weighted by atomic mass is 10.2. The summed E-state index contributed by atoms with van der Waals surface area (Å²) in [6.45, 7) is 1.71. The van der Waals surface area contributed by atoms with Gasteiger partial charge in [0.05, 0.1) is 25.0 Å². The molecule has 1 aromatic heterocycles. The molecule has 1 N–H and O–H groups in total. The highest BCUT2D eigenvalue weighted by atomic mass is 16.5. The molecule has 1 atom stereocenters. The molecule has 0 amide bonds. The first kappa shape index (κ1) is 11.7. The van der Waals surface area contributed by atoms with Gasteiger partial charge in [-0.15, -0.1) is 0 Å². The highest BCUT2D eigenvalue weighted by Gasteiger charge is 2.12. The largest absolute Gasteiger partial charge is 0.496 e. The number of aromatic nitrogens is 1. The Morgan fingerprint density at radius 1 is 1.41 bits per heavy atom. The molecule has 90 valence electrons. The Balaban J connectivity index is 2.30. The van der Waals surface area contributed by atoms with Crippen molar-refractivity contribution in [3.8, 4) is 17.2 Å². The number of para-hydroxylation sites is 1. The monoisotopic (exact) mass is 233 g/mol. The third kappa shape index (κ3) is 2.65. The molecule has 0 aliphatic carbocycles. The van der Waals surface area contributed by atoms with Crippen LogP contribution in [0.2, 0.25) is 0 Å². The van der Waals surface area contributed by atoms with Crippen LogP contribution in [0.15, 0.2) is 34.9 Å². The molecule has 4 nitrogen and oxygen atoms in total. The fraction of sp³-hybridized carbons (Fsp3) is 0.308. The van der Waals surface area contributed by atoms with E-state index in [1.54, 1.807) is 20.2 Å². The first-order valence-corrected chi connectivity index (χ1v) is 5.47. The minimum atomic E-state index is -0.437. The van der Waals surface area contributed by atoms with Crippen LogP contribution in [-0.2, 0) is 6.42 Å². The van der Waals surface area contributed by atoms with Gasteiger partial charge < -0.3 is 14.3 Å². The Kier molecular flexibility index (Phi) is 3.44. The van der Waals surface area contributed by atoms with E-state index in [-0.39, 0.29) is 0 Å². The van der Waals surface area contributed by atoms with Gasteiger partial charge >= 0.3 is 0 Å². The molecule has 2 aromatic rings. The smallest absolute Gasteiger partial charge is 0.229 e. The number of hydrogen-bond donors (Lipinski definition) is 1. The van der Waals surface area contributed by atoms with Crippen molar-refractivity contribution in [2.45, 2.75) is 19.4 Å². The van der Waals surface area contributed by atoms with Crippen LogP contribution in [0.1, 0.15) is 12.7 Å². The van der Waals surface area contributed by atoms with Crippen LogP contribution >= 0.6 is 0 Å². The van der Waals surface area contributed by atoms with Gasteiger partial charge in [-0.3, -0.25) is 0 Å². The highest BCUT2D eigenvalue weighted by Crippen LogP contribution is 2.29. The first-order valence-electron chi connectivity index (χ1n) is 5.47. The lowest BCUT2D eigenvalue weighted by Crippen LogP contribution is -2.02. The fourth-order valence-electron chi connectivity index (χ4n) is 1.64. The molecule has 17 heavy (non-hydrogen) atoms. The van der Waals surface area contributed by atoms with Crippen molar-refractivity contribution in [1.82, 2.24) is 4.98 Å². The number of aliphatic hydroxyl groups is 1. The lowest BCUT2D eigenvalue weighted by molar-refractivity contribution is 0.187.